The lowest BCUT2D eigenvalue weighted by molar-refractivity contribution is 0.223. The van der Waals surface area contributed by atoms with Gasteiger partial charge >= 0.3 is 0 Å². The number of piperidine rings is 1. The summed E-state index contributed by atoms with van der Waals surface area (Å²) < 4.78 is 5.11. The van der Waals surface area contributed by atoms with E-state index in [1.165, 1.54) is 32.4 Å². The number of likely N-dealkylation sites (tertiary alicyclic amines) is 1. The maximum Gasteiger partial charge on any atom is 0.227 e. The molecule has 0 amide bonds. The molecule has 0 aromatic carbocycles. The van der Waals surface area contributed by atoms with E-state index < -0.39 is 0 Å². The highest BCUT2D eigenvalue weighted by Crippen LogP contribution is 2.09. The van der Waals surface area contributed by atoms with Crippen molar-refractivity contribution in [2.24, 2.45) is 0 Å². The van der Waals surface area contributed by atoms with E-state index in [-0.39, 0.29) is 6.61 Å². The van der Waals surface area contributed by atoms with Gasteiger partial charge in [0.2, 0.25) is 5.89 Å². The molecule has 1 aliphatic rings. The summed E-state index contributed by atoms with van der Waals surface area (Å²) >= 11 is 0. The fraction of sp³-hybridized carbons (Fsp3) is 0.818. The van der Waals surface area contributed by atoms with Gasteiger partial charge < -0.3 is 14.5 Å². The third-order valence-electron chi connectivity index (χ3n) is 2.94. The number of aliphatic hydroxyl groups is 1. The van der Waals surface area contributed by atoms with E-state index >= 15 is 0 Å². The van der Waals surface area contributed by atoms with E-state index in [1.54, 1.807) is 0 Å². The molecule has 0 atom stereocenters. The third-order valence-corrected chi connectivity index (χ3v) is 2.94. The minimum absolute atomic E-state index is 0.0745. The normalized spacial score (nSPS) is 17.8. The minimum atomic E-state index is 0.0745. The second-order valence-corrected chi connectivity index (χ2v) is 4.23. The van der Waals surface area contributed by atoms with Gasteiger partial charge in [-0.2, -0.15) is 4.98 Å². The average Bonchev–Trinajstić information content (AvgIpc) is 2.76. The summed E-state index contributed by atoms with van der Waals surface area (Å²) in [5.41, 5.74) is 0. The lowest BCUT2D eigenvalue weighted by atomic mass is 10.1. The molecule has 0 spiro atoms. The van der Waals surface area contributed by atoms with Gasteiger partial charge in [0.25, 0.3) is 0 Å². The Morgan fingerprint density at radius 1 is 1.19 bits per heavy atom. The summed E-state index contributed by atoms with van der Waals surface area (Å²) in [6.07, 6.45) is 5.27. The van der Waals surface area contributed by atoms with Gasteiger partial charge in [-0.05, 0) is 25.9 Å². The Bertz CT molecular complexity index is 308. The van der Waals surface area contributed by atoms with Crippen LogP contribution in [0.5, 0.6) is 0 Å². The van der Waals surface area contributed by atoms with Crippen molar-refractivity contribution in [3.8, 4) is 0 Å². The molecule has 0 bridgehead atoms. The first-order valence-electron chi connectivity index (χ1n) is 6.03. The smallest absolute Gasteiger partial charge is 0.227 e. The van der Waals surface area contributed by atoms with Crippen LogP contribution in [-0.2, 0) is 12.8 Å². The van der Waals surface area contributed by atoms with Gasteiger partial charge in [-0.15, -0.1) is 0 Å². The van der Waals surface area contributed by atoms with E-state index in [4.69, 9.17) is 9.63 Å². The summed E-state index contributed by atoms with van der Waals surface area (Å²) in [6.45, 7) is 3.46. The summed E-state index contributed by atoms with van der Waals surface area (Å²) in [5.74, 6) is 1.30. The molecule has 1 aromatic heterocycles. The quantitative estimate of drug-likeness (QED) is 0.796. The number of hydrogen-bond acceptors (Lipinski definition) is 5. The standard InChI is InChI=1S/C11H19N3O2/c15-9-5-10-12-11(16-13-10)4-8-14-6-2-1-3-7-14/h15H,1-9H2. The van der Waals surface area contributed by atoms with Crippen molar-refractivity contribution >= 4 is 0 Å². The highest BCUT2D eigenvalue weighted by Gasteiger charge is 2.12. The Morgan fingerprint density at radius 2 is 2.00 bits per heavy atom. The Kier molecular flexibility index (Phi) is 4.30. The summed E-state index contributed by atoms with van der Waals surface area (Å²) in [4.78, 5) is 6.66. The van der Waals surface area contributed by atoms with Crippen molar-refractivity contribution in [2.45, 2.75) is 32.1 Å². The van der Waals surface area contributed by atoms with Crippen LogP contribution in [0.1, 0.15) is 31.0 Å². The molecule has 5 heteroatoms. The topological polar surface area (TPSA) is 62.4 Å². The van der Waals surface area contributed by atoms with Crippen LogP contribution >= 0.6 is 0 Å². The molecule has 1 saturated heterocycles. The molecule has 16 heavy (non-hydrogen) atoms. The van der Waals surface area contributed by atoms with Crippen molar-refractivity contribution in [3.05, 3.63) is 11.7 Å². The van der Waals surface area contributed by atoms with Crippen LogP contribution in [0.3, 0.4) is 0 Å². The third kappa shape index (κ3) is 3.28. The molecule has 0 aliphatic carbocycles. The number of aromatic nitrogens is 2. The molecule has 1 fully saturated rings. The minimum Gasteiger partial charge on any atom is -0.396 e. The van der Waals surface area contributed by atoms with E-state index in [9.17, 15) is 0 Å². The molecule has 1 aliphatic heterocycles. The molecule has 2 rings (SSSR count). The molecule has 0 unspecified atom stereocenters. The Morgan fingerprint density at radius 3 is 2.75 bits per heavy atom. The molecule has 0 radical (unpaired) electrons. The number of hydrogen-bond donors (Lipinski definition) is 1. The maximum absolute atomic E-state index is 8.73. The van der Waals surface area contributed by atoms with Crippen LogP contribution in [0.15, 0.2) is 4.52 Å². The van der Waals surface area contributed by atoms with E-state index in [1.807, 2.05) is 0 Å². The molecule has 2 heterocycles. The molecular formula is C11H19N3O2. The fourth-order valence-corrected chi connectivity index (χ4v) is 2.03. The average molecular weight is 225 g/mol. The van der Waals surface area contributed by atoms with Crippen molar-refractivity contribution in [1.82, 2.24) is 15.0 Å². The zero-order valence-electron chi connectivity index (χ0n) is 9.56. The fourth-order valence-electron chi connectivity index (χ4n) is 2.03. The van der Waals surface area contributed by atoms with Crippen LogP contribution < -0.4 is 0 Å². The van der Waals surface area contributed by atoms with Crippen molar-refractivity contribution in [2.75, 3.05) is 26.2 Å². The van der Waals surface area contributed by atoms with Gasteiger partial charge in [0, 0.05) is 19.4 Å². The summed E-state index contributed by atoms with van der Waals surface area (Å²) in [7, 11) is 0. The largest absolute Gasteiger partial charge is 0.396 e. The van der Waals surface area contributed by atoms with Crippen LogP contribution in [0.2, 0.25) is 0 Å². The van der Waals surface area contributed by atoms with Gasteiger partial charge in [-0.3, -0.25) is 0 Å². The molecular weight excluding hydrogens is 206 g/mol. The van der Waals surface area contributed by atoms with Crippen molar-refractivity contribution < 1.29 is 9.63 Å². The SMILES string of the molecule is OCCc1noc(CCN2CCCCC2)n1. The van der Waals surface area contributed by atoms with E-state index in [2.05, 4.69) is 15.0 Å². The number of aliphatic hydroxyl groups excluding tert-OH is 1. The zero-order chi connectivity index (χ0) is 11.2. The lowest BCUT2D eigenvalue weighted by Gasteiger charge is -2.25. The van der Waals surface area contributed by atoms with Gasteiger partial charge in [0.1, 0.15) is 0 Å². The number of nitrogens with zero attached hydrogens (tertiary/aromatic N) is 3. The molecule has 90 valence electrons. The van der Waals surface area contributed by atoms with E-state index in [0.717, 1.165) is 13.0 Å². The summed E-state index contributed by atoms with van der Waals surface area (Å²) in [6, 6.07) is 0. The number of rotatable bonds is 5. The predicted molar refractivity (Wildman–Crippen MR) is 59.1 cm³/mol. The highest BCUT2D eigenvalue weighted by atomic mass is 16.5. The van der Waals surface area contributed by atoms with Gasteiger partial charge in [0.15, 0.2) is 5.82 Å². The van der Waals surface area contributed by atoms with Crippen LogP contribution in [0.25, 0.3) is 0 Å². The van der Waals surface area contributed by atoms with E-state index in [0.29, 0.717) is 18.1 Å². The first-order chi connectivity index (χ1) is 7.88. The Hall–Kier alpha value is -0.940. The van der Waals surface area contributed by atoms with Crippen LogP contribution in [-0.4, -0.2) is 46.4 Å². The van der Waals surface area contributed by atoms with Crippen LogP contribution in [0.4, 0.5) is 0 Å². The molecule has 1 aromatic rings. The van der Waals surface area contributed by atoms with Gasteiger partial charge in [-0.25, -0.2) is 0 Å². The zero-order valence-corrected chi connectivity index (χ0v) is 9.56. The monoisotopic (exact) mass is 225 g/mol. The second-order valence-electron chi connectivity index (χ2n) is 4.23. The second kappa shape index (κ2) is 5.96. The van der Waals surface area contributed by atoms with Gasteiger partial charge in [-0.1, -0.05) is 11.6 Å². The van der Waals surface area contributed by atoms with Gasteiger partial charge in [0.05, 0.1) is 6.61 Å². The van der Waals surface area contributed by atoms with Crippen LogP contribution in [0, 0.1) is 0 Å². The predicted octanol–water partition coefficient (Wildman–Crippen LogP) is 0.633. The summed E-state index contributed by atoms with van der Waals surface area (Å²) in [5, 5.41) is 12.5. The highest BCUT2D eigenvalue weighted by molar-refractivity contribution is 4.87. The van der Waals surface area contributed by atoms with Crippen molar-refractivity contribution in [1.29, 1.82) is 0 Å². The molecule has 0 saturated carbocycles. The Labute approximate surface area is 95.4 Å². The first kappa shape index (κ1) is 11.5. The maximum atomic E-state index is 8.73. The molecule has 1 N–H and O–H groups in total. The Balaban J connectivity index is 1.75. The van der Waals surface area contributed by atoms with Crippen molar-refractivity contribution in [3.63, 3.8) is 0 Å². The first-order valence-corrected chi connectivity index (χ1v) is 6.03. The molecule has 5 nitrogen and oxygen atoms in total. The lowest BCUT2D eigenvalue weighted by Crippen LogP contribution is -2.31.